The average Bonchev–Trinajstić information content (AvgIpc) is 3.11. The second-order valence-electron chi connectivity index (χ2n) is 5.01. The molecule has 2 aromatic heterocycles. The summed E-state index contributed by atoms with van der Waals surface area (Å²) < 4.78 is 14.6. The van der Waals surface area contributed by atoms with Gasteiger partial charge in [-0.3, -0.25) is 9.36 Å². The second kappa shape index (κ2) is 6.83. The van der Waals surface area contributed by atoms with Gasteiger partial charge in [0, 0.05) is 25.1 Å². The number of hydrogen-bond donors (Lipinski definition) is 1. The summed E-state index contributed by atoms with van der Waals surface area (Å²) in [5, 5.41) is 2.82. The lowest BCUT2D eigenvalue weighted by molar-refractivity contribution is 0.0954. The Kier molecular flexibility index (Phi) is 4.42. The summed E-state index contributed by atoms with van der Waals surface area (Å²) in [5.41, 5.74) is 1.47. The molecule has 0 spiro atoms. The predicted molar refractivity (Wildman–Crippen MR) is 83.8 cm³/mol. The van der Waals surface area contributed by atoms with E-state index in [0.29, 0.717) is 24.3 Å². The highest BCUT2D eigenvalue weighted by Gasteiger charge is 2.06. The lowest BCUT2D eigenvalue weighted by Gasteiger charge is -2.06. The quantitative estimate of drug-likeness (QED) is 0.787. The topological polar surface area (TPSA) is 59.8 Å². The summed E-state index contributed by atoms with van der Waals surface area (Å²) in [4.78, 5) is 20.2. The van der Waals surface area contributed by atoms with Crippen molar-refractivity contribution >= 4 is 5.91 Å². The van der Waals surface area contributed by atoms with Crippen molar-refractivity contribution in [2.24, 2.45) is 0 Å². The van der Waals surface area contributed by atoms with Crippen molar-refractivity contribution in [3.8, 4) is 5.82 Å². The number of nitrogens with one attached hydrogen (secondary N) is 1. The molecule has 3 aromatic rings. The van der Waals surface area contributed by atoms with Crippen molar-refractivity contribution in [2.45, 2.75) is 6.42 Å². The predicted octanol–water partition coefficient (Wildman–Crippen LogP) is 2.38. The molecule has 0 aliphatic rings. The van der Waals surface area contributed by atoms with Gasteiger partial charge in [0.2, 0.25) is 0 Å². The Balaban J connectivity index is 1.55. The average molecular weight is 310 g/mol. The van der Waals surface area contributed by atoms with Gasteiger partial charge in [-0.05, 0) is 36.2 Å². The van der Waals surface area contributed by atoms with E-state index in [0.717, 1.165) is 5.56 Å². The van der Waals surface area contributed by atoms with Gasteiger partial charge in [-0.25, -0.2) is 14.4 Å². The molecule has 0 aliphatic heterocycles. The number of imidazole rings is 1. The number of aromatic nitrogens is 3. The number of hydrogen-bond acceptors (Lipinski definition) is 3. The van der Waals surface area contributed by atoms with E-state index in [1.165, 1.54) is 18.3 Å². The van der Waals surface area contributed by atoms with Gasteiger partial charge in [-0.1, -0.05) is 12.1 Å². The van der Waals surface area contributed by atoms with E-state index in [1.807, 2.05) is 0 Å². The van der Waals surface area contributed by atoms with Crippen LogP contribution in [0.15, 0.2) is 61.3 Å². The monoisotopic (exact) mass is 310 g/mol. The lowest BCUT2D eigenvalue weighted by Crippen LogP contribution is -2.25. The molecule has 1 aromatic carbocycles. The Morgan fingerprint density at radius 2 is 2.00 bits per heavy atom. The lowest BCUT2D eigenvalue weighted by atomic mass is 10.1. The molecule has 1 N–H and O–H groups in total. The van der Waals surface area contributed by atoms with Crippen LogP contribution in [-0.2, 0) is 6.42 Å². The maximum Gasteiger partial charge on any atom is 0.252 e. The summed E-state index contributed by atoms with van der Waals surface area (Å²) in [5.74, 6) is 0.254. The fraction of sp³-hybridized carbons (Fsp3) is 0.118. The van der Waals surface area contributed by atoms with E-state index in [2.05, 4.69) is 15.3 Å². The molecule has 6 heteroatoms. The Morgan fingerprint density at radius 3 is 2.65 bits per heavy atom. The third kappa shape index (κ3) is 3.79. The van der Waals surface area contributed by atoms with Crippen molar-refractivity contribution in [3.05, 3.63) is 78.3 Å². The first-order valence-electron chi connectivity index (χ1n) is 7.19. The highest BCUT2D eigenvalue weighted by molar-refractivity contribution is 5.93. The minimum absolute atomic E-state index is 0.184. The van der Waals surface area contributed by atoms with Gasteiger partial charge >= 0.3 is 0 Å². The second-order valence-corrected chi connectivity index (χ2v) is 5.01. The van der Waals surface area contributed by atoms with Crippen LogP contribution >= 0.6 is 0 Å². The highest BCUT2D eigenvalue weighted by atomic mass is 19.1. The Labute approximate surface area is 132 Å². The van der Waals surface area contributed by atoms with Crippen LogP contribution < -0.4 is 5.32 Å². The van der Waals surface area contributed by atoms with E-state index in [1.54, 1.807) is 47.6 Å². The molecule has 116 valence electrons. The van der Waals surface area contributed by atoms with Crippen molar-refractivity contribution in [1.29, 1.82) is 0 Å². The first kappa shape index (κ1) is 14.9. The van der Waals surface area contributed by atoms with Gasteiger partial charge < -0.3 is 5.32 Å². The molecule has 23 heavy (non-hydrogen) atoms. The van der Waals surface area contributed by atoms with E-state index < -0.39 is 0 Å². The molecule has 2 heterocycles. The number of benzene rings is 1. The number of carbonyl (C=O) groups is 1. The normalized spacial score (nSPS) is 10.5. The van der Waals surface area contributed by atoms with Crippen LogP contribution in [0.1, 0.15) is 15.9 Å². The fourth-order valence-corrected chi connectivity index (χ4v) is 2.14. The molecule has 1 amide bonds. The minimum atomic E-state index is -0.262. The maximum absolute atomic E-state index is 12.8. The Hall–Kier alpha value is -3.02. The first-order chi connectivity index (χ1) is 11.2. The zero-order valence-electron chi connectivity index (χ0n) is 12.3. The number of amides is 1. The molecule has 0 radical (unpaired) electrons. The molecular formula is C17H15FN4O. The highest BCUT2D eigenvalue weighted by Crippen LogP contribution is 2.06. The molecule has 0 saturated heterocycles. The fourth-order valence-electron chi connectivity index (χ4n) is 2.14. The van der Waals surface area contributed by atoms with Crippen LogP contribution in [0.4, 0.5) is 4.39 Å². The van der Waals surface area contributed by atoms with Crippen LogP contribution in [0.3, 0.4) is 0 Å². The molecule has 0 unspecified atom stereocenters. The first-order valence-corrected chi connectivity index (χ1v) is 7.19. The zero-order valence-corrected chi connectivity index (χ0v) is 12.3. The SMILES string of the molecule is O=C(NCCc1ccc(F)cc1)c1ccc(-n2ccnc2)nc1. The Bertz CT molecular complexity index is 767. The third-order valence-electron chi connectivity index (χ3n) is 3.39. The van der Waals surface area contributed by atoms with Crippen molar-refractivity contribution in [2.75, 3.05) is 6.54 Å². The summed E-state index contributed by atoms with van der Waals surface area (Å²) in [6, 6.07) is 9.73. The number of rotatable bonds is 5. The molecule has 0 bridgehead atoms. The number of halogens is 1. The summed E-state index contributed by atoms with van der Waals surface area (Å²) in [6.07, 6.45) is 7.27. The number of nitrogens with zero attached hydrogens (tertiary/aromatic N) is 3. The van der Waals surface area contributed by atoms with Crippen LogP contribution in [0, 0.1) is 5.82 Å². The zero-order chi connectivity index (χ0) is 16.1. The van der Waals surface area contributed by atoms with Crippen molar-refractivity contribution in [1.82, 2.24) is 19.9 Å². The van der Waals surface area contributed by atoms with Gasteiger partial charge in [-0.15, -0.1) is 0 Å². The van der Waals surface area contributed by atoms with Crippen LogP contribution in [-0.4, -0.2) is 27.0 Å². The molecule has 0 aliphatic carbocycles. The molecular weight excluding hydrogens is 295 g/mol. The van der Waals surface area contributed by atoms with Crippen molar-refractivity contribution in [3.63, 3.8) is 0 Å². The maximum atomic E-state index is 12.8. The van der Waals surface area contributed by atoms with E-state index in [4.69, 9.17) is 0 Å². The van der Waals surface area contributed by atoms with Gasteiger partial charge in [0.15, 0.2) is 0 Å². The largest absolute Gasteiger partial charge is 0.352 e. The summed E-state index contributed by atoms with van der Waals surface area (Å²) in [6.45, 7) is 0.480. The van der Waals surface area contributed by atoms with Gasteiger partial charge in [0.25, 0.3) is 5.91 Å². The number of carbonyl (C=O) groups excluding carboxylic acids is 1. The van der Waals surface area contributed by atoms with Crippen LogP contribution in [0.5, 0.6) is 0 Å². The Morgan fingerprint density at radius 1 is 1.17 bits per heavy atom. The van der Waals surface area contributed by atoms with Crippen molar-refractivity contribution < 1.29 is 9.18 Å². The summed E-state index contributed by atoms with van der Waals surface area (Å²) >= 11 is 0. The van der Waals surface area contributed by atoms with Gasteiger partial charge in [-0.2, -0.15) is 0 Å². The van der Waals surface area contributed by atoms with Gasteiger partial charge in [0.1, 0.15) is 18.0 Å². The molecule has 5 nitrogen and oxygen atoms in total. The van der Waals surface area contributed by atoms with Crippen LogP contribution in [0.25, 0.3) is 5.82 Å². The standard InChI is InChI=1S/C17H15FN4O/c18-15-4-1-13(2-5-15)7-8-20-17(23)14-3-6-16(21-11-14)22-10-9-19-12-22/h1-6,9-12H,7-8H2,(H,20,23). The van der Waals surface area contributed by atoms with E-state index in [-0.39, 0.29) is 11.7 Å². The van der Waals surface area contributed by atoms with E-state index >= 15 is 0 Å². The molecule has 3 rings (SSSR count). The smallest absolute Gasteiger partial charge is 0.252 e. The number of pyridine rings is 1. The summed E-state index contributed by atoms with van der Waals surface area (Å²) in [7, 11) is 0. The third-order valence-corrected chi connectivity index (χ3v) is 3.39. The molecule has 0 fully saturated rings. The van der Waals surface area contributed by atoms with Gasteiger partial charge in [0.05, 0.1) is 5.56 Å². The van der Waals surface area contributed by atoms with E-state index in [9.17, 15) is 9.18 Å². The minimum Gasteiger partial charge on any atom is -0.352 e. The molecule has 0 saturated carbocycles. The molecule has 0 atom stereocenters. The van der Waals surface area contributed by atoms with Crippen LogP contribution in [0.2, 0.25) is 0 Å².